The molecule has 0 bridgehead atoms. The van der Waals surface area contributed by atoms with Gasteiger partial charge in [-0.2, -0.15) is 0 Å². The first-order valence-corrected chi connectivity index (χ1v) is 4.05. The zero-order valence-electron chi connectivity index (χ0n) is 7.78. The quantitative estimate of drug-likeness (QED) is 0.642. The van der Waals surface area contributed by atoms with Gasteiger partial charge in [0, 0.05) is 0 Å². The highest BCUT2D eigenvalue weighted by molar-refractivity contribution is 5.72. The van der Waals surface area contributed by atoms with E-state index in [4.69, 9.17) is 9.84 Å². The zero-order valence-corrected chi connectivity index (χ0v) is 7.78. The van der Waals surface area contributed by atoms with E-state index >= 15 is 0 Å². The number of hydrogen-bond acceptors (Lipinski definition) is 2. The maximum absolute atomic E-state index is 10.6. The Hall–Kier alpha value is -0.830. The summed E-state index contributed by atoms with van der Waals surface area (Å²) in [6.45, 7) is 5.89. The van der Waals surface area contributed by atoms with E-state index in [0.717, 1.165) is 0 Å². The number of carboxylic acid groups (broad SMARTS) is 1. The van der Waals surface area contributed by atoms with Gasteiger partial charge in [-0.15, -0.1) is 0 Å². The molecule has 0 saturated carbocycles. The van der Waals surface area contributed by atoms with Crippen LogP contribution in [0.2, 0.25) is 0 Å². The Bertz CT molecular complexity index is 161. The fraction of sp³-hybridized carbons (Fsp3) is 0.667. The summed E-state index contributed by atoms with van der Waals surface area (Å²) in [5, 5.41) is 8.69. The van der Waals surface area contributed by atoms with E-state index in [2.05, 4.69) is 0 Å². The summed E-state index contributed by atoms with van der Waals surface area (Å²) >= 11 is 0. The molecule has 70 valence electrons. The molecule has 0 radical (unpaired) electrons. The minimum absolute atomic E-state index is 0.00718. The lowest BCUT2D eigenvalue weighted by Gasteiger charge is -2.15. The summed E-state index contributed by atoms with van der Waals surface area (Å²) < 4.78 is 5.12. The molecule has 0 aliphatic rings. The summed E-state index contributed by atoms with van der Waals surface area (Å²) in [5.41, 5.74) is 0. The second-order valence-corrected chi connectivity index (χ2v) is 2.91. The molecule has 0 aliphatic carbocycles. The van der Waals surface area contributed by atoms with Crippen molar-refractivity contribution in [1.82, 2.24) is 0 Å². The van der Waals surface area contributed by atoms with Gasteiger partial charge in [-0.25, -0.2) is 4.79 Å². The lowest BCUT2D eigenvalue weighted by Crippen LogP contribution is -2.29. The predicted molar refractivity (Wildman–Crippen MR) is 47.0 cm³/mol. The minimum Gasteiger partial charge on any atom is -0.479 e. The number of aliphatic carboxylic acids is 1. The first-order valence-electron chi connectivity index (χ1n) is 4.05. The number of hydrogen-bond donors (Lipinski definition) is 1. The van der Waals surface area contributed by atoms with E-state index < -0.39 is 12.1 Å². The molecular weight excluding hydrogens is 156 g/mol. The average molecular weight is 172 g/mol. The highest BCUT2D eigenvalue weighted by atomic mass is 16.5. The van der Waals surface area contributed by atoms with Gasteiger partial charge >= 0.3 is 5.97 Å². The number of carbonyl (C=O) groups is 1. The normalized spacial score (nSPS) is 14.0. The van der Waals surface area contributed by atoms with Crippen LogP contribution in [0.15, 0.2) is 12.2 Å². The largest absolute Gasteiger partial charge is 0.479 e. The van der Waals surface area contributed by atoms with E-state index in [1.807, 2.05) is 26.8 Å². The maximum Gasteiger partial charge on any atom is 0.333 e. The molecule has 0 rings (SSSR count). The van der Waals surface area contributed by atoms with Crippen LogP contribution in [-0.2, 0) is 9.53 Å². The van der Waals surface area contributed by atoms with Gasteiger partial charge in [0.2, 0.25) is 0 Å². The van der Waals surface area contributed by atoms with Crippen LogP contribution in [0.1, 0.15) is 20.8 Å². The Labute approximate surface area is 73.0 Å². The molecule has 1 N–H and O–H groups in total. The predicted octanol–water partition coefficient (Wildman–Crippen LogP) is 1.69. The first kappa shape index (κ1) is 11.2. The third kappa shape index (κ3) is 4.13. The van der Waals surface area contributed by atoms with Crippen molar-refractivity contribution in [1.29, 1.82) is 0 Å². The molecule has 0 saturated heterocycles. The Kier molecular flexibility index (Phi) is 5.37. The van der Waals surface area contributed by atoms with Crippen molar-refractivity contribution in [2.75, 3.05) is 6.61 Å². The molecule has 0 heterocycles. The van der Waals surface area contributed by atoms with Crippen molar-refractivity contribution in [3.05, 3.63) is 12.2 Å². The summed E-state index contributed by atoms with van der Waals surface area (Å²) in [4.78, 5) is 10.6. The Morgan fingerprint density at radius 3 is 2.50 bits per heavy atom. The lowest BCUT2D eigenvalue weighted by molar-refractivity contribution is -0.152. The van der Waals surface area contributed by atoms with Crippen molar-refractivity contribution < 1.29 is 14.6 Å². The maximum atomic E-state index is 10.6. The molecule has 1 atom stereocenters. The van der Waals surface area contributed by atoms with Crippen LogP contribution in [0.4, 0.5) is 0 Å². The van der Waals surface area contributed by atoms with Gasteiger partial charge in [-0.3, -0.25) is 0 Å². The van der Waals surface area contributed by atoms with E-state index in [1.54, 1.807) is 6.08 Å². The van der Waals surface area contributed by atoms with E-state index in [1.165, 1.54) is 0 Å². The van der Waals surface area contributed by atoms with Crippen molar-refractivity contribution >= 4 is 5.97 Å². The van der Waals surface area contributed by atoms with Crippen LogP contribution >= 0.6 is 0 Å². The van der Waals surface area contributed by atoms with E-state index in [9.17, 15) is 4.79 Å². The summed E-state index contributed by atoms with van der Waals surface area (Å²) in [6.07, 6.45) is 2.93. The highest BCUT2D eigenvalue weighted by Crippen LogP contribution is 2.06. The van der Waals surface area contributed by atoms with Crippen molar-refractivity contribution in [3.63, 3.8) is 0 Å². The smallest absolute Gasteiger partial charge is 0.333 e. The summed E-state index contributed by atoms with van der Waals surface area (Å²) in [5.74, 6) is -0.887. The first-order chi connectivity index (χ1) is 5.59. The third-order valence-corrected chi connectivity index (χ3v) is 1.46. The lowest BCUT2D eigenvalue weighted by atomic mass is 10.1. The second-order valence-electron chi connectivity index (χ2n) is 2.91. The van der Waals surface area contributed by atoms with E-state index in [-0.39, 0.29) is 5.92 Å². The molecule has 0 aromatic carbocycles. The van der Waals surface area contributed by atoms with Crippen LogP contribution in [0.5, 0.6) is 0 Å². The van der Waals surface area contributed by atoms with Crippen LogP contribution in [0.3, 0.4) is 0 Å². The molecule has 3 heteroatoms. The third-order valence-electron chi connectivity index (χ3n) is 1.46. The standard InChI is InChI=1S/C9H16O3/c1-4-5-6-12-8(7(2)3)9(10)11/h4-5,7-8H,6H2,1-3H3,(H,10,11). The van der Waals surface area contributed by atoms with Gasteiger partial charge in [0.1, 0.15) is 0 Å². The van der Waals surface area contributed by atoms with Gasteiger partial charge in [0.25, 0.3) is 0 Å². The van der Waals surface area contributed by atoms with Crippen LogP contribution in [0.25, 0.3) is 0 Å². The Morgan fingerprint density at radius 2 is 2.17 bits per heavy atom. The van der Waals surface area contributed by atoms with E-state index in [0.29, 0.717) is 6.61 Å². The molecule has 0 amide bonds. The summed E-state index contributed by atoms with van der Waals surface area (Å²) in [7, 11) is 0. The van der Waals surface area contributed by atoms with Crippen molar-refractivity contribution in [2.24, 2.45) is 5.92 Å². The fourth-order valence-electron chi connectivity index (χ4n) is 0.804. The van der Waals surface area contributed by atoms with Crippen LogP contribution in [0, 0.1) is 5.92 Å². The monoisotopic (exact) mass is 172 g/mol. The fourth-order valence-corrected chi connectivity index (χ4v) is 0.804. The van der Waals surface area contributed by atoms with Gasteiger partial charge in [-0.05, 0) is 12.8 Å². The van der Waals surface area contributed by atoms with Crippen molar-refractivity contribution in [3.8, 4) is 0 Å². The average Bonchev–Trinajstić information content (AvgIpc) is 1.96. The molecule has 0 spiro atoms. The van der Waals surface area contributed by atoms with Crippen molar-refractivity contribution in [2.45, 2.75) is 26.9 Å². The van der Waals surface area contributed by atoms with Crippen LogP contribution in [-0.4, -0.2) is 23.8 Å². The van der Waals surface area contributed by atoms with Gasteiger partial charge in [-0.1, -0.05) is 26.0 Å². The number of carboxylic acids is 1. The molecule has 12 heavy (non-hydrogen) atoms. The molecule has 3 nitrogen and oxygen atoms in total. The molecule has 0 aromatic rings. The zero-order chi connectivity index (χ0) is 9.56. The molecule has 0 fully saturated rings. The molecular formula is C9H16O3. The number of allylic oxidation sites excluding steroid dienone is 1. The Morgan fingerprint density at radius 1 is 1.58 bits per heavy atom. The SMILES string of the molecule is CC=CCOC(C(=O)O)C(C)C. The summed E-state index contributed by atoms with van der Waals surface area (Å²) in [6, 6.07) is 0. The van der Waals surface area contributed by atoms with Crippen LogP contribution < -0.4 is 0 Å². The van der Waals surface area contributed by atoms with Gasteiger partial charge in [0.05, 0.1) is 6.61 Å². The topological polar surface area (TPSA) is 46.5 Å². The van der Waals surface area contributed by atoms with Gasteiger partial charge < -0.3 is 9.84 Å². The van der Waals surface area contributed by atoms with Gasteiger partial charge in [0.15, 0.2) is 6.10 Å². The second kappa shape index (κ2) is 5.77. The molecule has 1 unspecified atom stereocenters. The number of rotatable bonds is 5. The minimum atomic E-state index is -0.894. The highest BCUT2D eigenvalue weighted by Gasteiger charge is 2.20. The molecule has 0 aromatic heterocycles. The molecule has 0 aliphatic heterocycles. The Balaban J connectivity index is 3.88. The number of ether oxygens (including phenoxy) is 1.